The molecule has 0 spiro atoms. The van der Waals surface area contributed by atoms with E-state index >= 15 is 0 Å². The molecule has 23 heavy (non-hydrogen) atoms. The number of hydrogen-bond donors (Lipinski definition) is 1. The van der Waals surface area contributed by atoms with E-state index in [1.165, 1.54) is 18.2 Å². The third-order valence-electron chi connectivity index (χ3n) is 3.38. The van der Waals surface area contributed by atoms with Gasteiger partial charge in [0.2, 0.25) is 0 Å². The minimum absolute atomic E-state index is 0.103. The molecule has 3 nitrogen and oxygen atoms in total. The molecule has 0 aliphatic carbocycles. The van der Waals surface area contributed by atoms with Gasteiger partial charge in [-0.05, 0) is 23.3 Å². The van der Waals surface area contributed by atoms with E-state index in [1.807, 2.05) is 0 Å². The molecule has 0 unspecified atom stereocenters. The molecule has 2 aromatic carbocycles. The van der Waals surface area contributed by atoms with Crippen LogP contribution in [0.3, 0.4) is 0 Å². The van der Waals surface area contributed by atoms with Crippen LogP contribution in [0.4, 0.5) is 13.2 Å². The lowest BCUT2D eigenvalue weighted by molar-refractivity contribution is -0.137. The lowest BCUT2D eigenvalue weighted by Crippen LogP contribution is -2.09. The summed E-state index contributed by atoms with van der Waals surface area (Å²) in [5.41, 5.74) is -0.00468. The van der Waals surface area contributed by atoms with E-state index in [-0.39, 0.29) is 16.8 Å². The molecular formula is C17H11F3N2O. The zero-order chi connectivity index (χ0) is 16.4. The van der Waals surface area contributed by atoms with Crippen LogP contribution in [0.15, 0.2) is 65.5 Å². The van der Waals surface area contributed by atoms with Crippen LogP contribution in [-0.2, 0) is 6.18 Å². The second-order valence-corrected chi connectivity index (χ2v) is 4.93. The molecule has 6 heteroatoms. The summed E-state index contributed by atoms with van der Waals surface area (Å²) in [6, 6.07) is 15.0. The quantitative estimate of drug-likeness (QED) is 0.773. The van der Waals surface area contributed by atoms with Gasteiger partial charge in [0.1, 0.15) is 0 Å². The molecule has 116 valence electrons. The van der Waals surface area contributed by atoms with Crippen LogP contribution in [0.2, 0.25) is 0 Å². The van der Waals surface area contributed by atoms with E-state index in [4.69, 9.17) is 0 Å². The maximum Gasteiger partial charge on any atom is 0.417 e. The van der Waals surface area contributed by atoms with Crippen molar-refractivity contribution >= 4 is 0 Å². The number of benzene rings is 2. The summed E-state index contributed by atoms with van der Waals surface area (Å²) < 4.78 is 40.2. The first-order valence-corrected chi connectivity index (χ1v) is 6.78. The van der Waals surface area contributed by atoms with Crippen molar-refractivity contribution in [3.63, 3.8) is 0 Å². The monoisotopic (exact) mass is 316 g/mol. The van der Waals surface area contributed by atoms with Gasteiger partial charge in [0.15, 0.2) is 0 Å². The van der Waals surface area contributed by atoms with Crippen LogP contribution in [0.5, 0.6) is 0 Å². The largest absolute Gasteiger partial charge is 0.417 e. The molecule has 0 radical (unpaired) electrons. The number of H-pyrrole nitrogens is 1. The fraction of sp³-hybridized carbons (Fsp3) is 0.0588. The molecular weight excluding hydrogens is 305 g/mol. The molecule has 0 aliphatic heterocycles. The van der Waals surface area contributed by atoms with Gasteiger partial charge < -0.3 is 0 Å². The van der Waals surface area contributed by atoms with Gasteiger partial charge in [-0.25, -0.2) is 5.10 Å². The fourth-order valence-electron chi connectivity index (χ4n) is 2.31. The van der Waals surface area contributed by atoms with Crippen LogP contribution in [-0.4, -0.2) is 10.2 Å². The number of halogens is 3. The lowest BCUT2D eigenvalue weighted by atomic mass is 9.96. The number of nitrogens with one attached hydrogen (secondary N) is 1. The summed E-state index contributed by atoms with van der Waals surface area (Å²) in [5, 5.41) is 5.99. The molecule has 1 heterocycles. The number of hydrogen-bond acceptors (Lipinski definition) is 2. The fourth-order valence-corrected chi connectivity index (χ4v) is 2.31. The van der Waals surface area contributed by atoms with Gasteiger partial charge in [-0.1, -0.05) is 42.5 Å². The average molecular weight is 316 g/mol. The molecule has 0 atom stereocenters. The Morgan fingerprint density at radius 1 is 0.870 bits per heavy atom. The summed E-state index contributed by atoms with van der Waals surface area (Å²) in [6.45, 7) is 0. The van der Waals surface area contributed by atoms with E-state index in [0.29, 0.717) is 5.56 Å². The highest BCUT2D eigenvalue weighted by Crippen LogP contribution is 2.39. The minimum atomic E-state index is -4.50. The Labute approximate surface area is 129 Å². The summed E-state index contributed by atoms with van der Waals surface area (Å²) >= 11 is 0. The Morgan fingerprint density at radius 3 is 2.22 bits per heavy atom. The van der Waals surface area contributed by atoms with Crippen molar-refractivity contribution in [2.75, 3.05) is 0 Å². The number of rotatable bonds is 2. The molecule has 3 aromatic rings. The van der Waals surface area contributed by atoms with Gasteiger partial charge in [0, 0.05) is 11.6 Å². The van der Waals surface area contributed by atoms with Gasteiger partial charge in [-0.2, -0.15) is 18.3 Å². The van der Waals surface area contributed by atoms with Crippen LogP contribution in [0.25, 0.3) is 22.4 Å². The van der Waals surface area contributed by atoms with Crippen molar-refractivity contribution in [1.82, 2.24) is 10.2 Å². The first kappa shape index (κ1) is 15.0. The van der Waals surface area contributed by atoms with E-state index in [2.05, 4.69) is 10.2 Å². The number of alkyl halides is 3. The second-order valence-electron chi connectivity index (χ2n) is 4.93. The van der Waals surface area contributed by atoms with Crippen LogP contribution in [0.1, 0.15) is 5.56 Å². The van der Waals surface area contributed by atoms with Crippen LogP contribution < -0.4 is 5.56 Å². The van der Waals surface area contributed by atoms with Crippen molar-refractivity contribution in [3.8, 4) is 22.4 Å². The molecule has 0 saturated carbocycles. The maximum absolute atomic E-state index is 13.4. The van der Waals surface area contributed by atoms with E-state index in [9.17, 15) is 18.0 Å². The van der Waals surface area contributed by atoms with Gasteiger partial charge in [-0.15, -0.1) is 0 Å². The average Bonchev–Trinajstić information content (AvgIpc) is 2.55. The summed E-state index contributed by atoms with van der Waals surface area (Å²) in [6.07, 6.45) is -4.50. The van der Waals surface area contributed by atoms with Crippen molar-refractivity contribution in [1.29, 1.82) is 0 Å². The van der Waals surface area contributed by atoms with Crippen LogP contribution in [0, 0.1) is 0 Å². The lowest BCUT2D eigenvalue weighted by Gasteiger charge is -2.14. The Hall–Kier alpha value is -2.89. The minimum Gasteiger partial charge on any atom is -0.268 e. The van der Waals surface area contributed by atoms with E-state index in [1.54, 1.807) is 36.4 Å². The standard InChI is InChI=1S/C17H11F3N2O/c18-17(19,20)14-10-12(15-8-9-16(23)22-21-15)6-7-13(14)11-4-2-1-3-5-11/h1-10H,(H,22,23). The van der Waals surface area contributed by atoms with Crippen LogP contribution >= 0.6 is 0 Å². The highest BCUT2D eigenvalue weighted by molar-refractivity contribution is 5.73. The summed E-state index contributed by atoms with van der Waals surface area (Å²) in [7, 11) is 0. The van der Waals surface area contributed by atoms with Crippen molar-refractivity contribution in [2.24, 2.45) is 0 Å². The number of aromatic amines is 1. The van der Waals surface area contributed by atoms with Crippen molar-refractivity contribution in [3.05, 3.63) is 76.6 Å². The molecule has 0 saturated heterocycles. The molecule has 0 bridgehead atoms. The molecule has 1 N–H and O–H groups in total. The maximum atomic E-state index is 13.4. The van der Waals surface area contributed by atoms with Crippen molar-refractivity contribution in [2.45, 2.75) is 6.18 Å². The Morgan fingerprint density at radius 2 is 1.61 bits per heavy atom. The predicted molar refractivity (Wildman–Crippen MR) is 80.7 cm³/mol. The molecule has 3 rings (SSSR count). The summed E-state index contributed by atoms with van der Waals surface area (Å²) in [5.74, 6) is 0. The number of aromatic nitrogens is 2. The van der Waals surface area contributed by atoms with Gasteiger partial charge >= 0.3 is 6.18 Å². The smallest absolute Gasteiger partial charge is 0.268 e. The third-order valence-corrected chi connectivity index (χ3v) is 3.38. The summed E-state index contributed by atoms with van der Waals surface area (Å²) in [4.78, 5) is 11.0. The highest BCUT2D eigenvalue weighted by atomic mass is 19.4. The first-order valence-electron chi connectivity index (χ1n) is 6.78. The van der Waals surface area contributed by atoms with Gasteiger partial charge in [-0.3, -0.25) is 4.79 Å². The topological polar surface area (TPSA) is 45.8 Å². The molecule has 0 aliphatic rings. The van der Waals surface area contributed by atoms with E-state index < -0.39 is 17.3 Å². The SMILES string of the molecule is O=c1ccc(-c2ccc(-c3ccccc3)c(C(F)(F)F)c2)n[nH]1. The zero-order valence-electron chi connectivity index (χ0n) is 11.8. The normalized spacial score (nSPS) is 11.4. The van der Waals surface area contributed by atoms with E-state index in [0.717, 1.165) is 6.07 Å². The number of nitrogens with zero attached hydrogens (tertiary/aromatic N) is 1. The first-order chi connectivity index (χ1) is 10.9. The zero-order valence-corrected chi connectivity index (χ0v) is 11.8. The van der Waals surface area contributed by atoms with Gasteiger partial charge in [0.05, 0.1) is 11.3 Å². The highest BCUT2D eigenvalue weighted by Gasteiger charge is 2.34. The van der Waals surface area contributed by atoms with Crippen molar-refractivity contribution < 1.29 is 13.2 Å². The van der Waals surface area contributed by atoms with Gasteiger partial charge in [0.25, 0.3) is 5.56 Å². The Balaban J connectivity index is 2.17. The Bertz CT molecular complexity index is 866. The third kappa shape index (κ3) is 3.15. The predicted octanol–water partition coefficient (Wildman–Crippen LogP) is 4.12. The second kappa shape index (κ2) is 5.72. The molecule has 0 fully saturated rings. The Kier molecular flexibility index (Phi) is 3.73. The molecule has 1 aromatic heterocycles. The molecule has 0 amide bonds.